The molecule has 0 radical (unpaired) electrons. The Hall–Kier alpha value is -1.55. The summed E-state index contributed by atoms with van der Waals surface area (Å²) < 4.78 is 0. The van der Waals surface area contributed by atoms with Crippen LogP contribution in [-0.2, 0) is 0 Å². The first-order valence-corrected chi connectivity index (χ1v) is 5.86. The number of hydrogen-bond donors (Lipinski definition) is 2. The number of aliphatic hydroxyl groups excluding tert-OH is 1. The lowest BCUT2D eigenvalue weighted by Crippen LogP contribution is -2.34. The molecule has 0 atom stereocenters. The highest BCUT2D eigenvalue weighted by atomic mass is 16.3. The summed E-state index contributed by atoms with van der Waals surface area (Å²) in [7, 11) is 0. The predicted octanol–water partition coefficient (Wildman–Crippen LogP) is 1.42. The van der Waals surface area contributed by atoms with E-state index in [4.69, 9.17) is 10.8 Å². The fraction of sp³-hybridized carbons (Fsp3) is 0.462. The largest absolute Gasteiger partial charge is 0.398 e. The van der Waals surface area contributed by atoms with Crippen LogP contribution >= 0.6 is 0 Å². The van der Waals surface area contributed by atoms with E-state index in [1.165, 1.54) is 0 Å². The van der Waals surface area contributed by atoms with E-state index in [1.54, 1.807) is 17.0 Å². The molecule has 0 unspecified atom stereocenters. The van der Waals surface area contributed by atoms with Gasteiger partial charge in [-0.3, -0.25) is 4.79 Å². The molecule has 0 heterocycles. The molecule has 0 aliphatic carbocycles. The molecular weight excluding hydrogens is 216 g/mol. The monoisotopic (exact) mass is 236 g/mol. The summed E-state index contributed by atoms with van der Waals surface area (Å²) in [6.07, 6.45) is 0.859. The molecular formula is C13H20N2O2. The van der Waals surface area contributed by atoms with E-state index in [0.29, 0.717) is 24.3 Å². The Morgan fingerprint density at radius 3 is 2.71 bits per heavy atom. The van der Waals surface area contributed by atoms with Crippen molar-refractivity contribution in [2.45, 2.75) is 20.3 Å². The Balaban J connectivity index is 2.95. The summed E-state index contributed by atoms with van der Waals surface area (Å²) in [5.74, 6) is -0.109. The summed E-state index contributed by atoms with van der Waals surface area (Å²) in [6.45, 7) is 4.87. The van der Waals surface area contributed by atoms with Gasteiger partial charge in [-0.25, -0.2) is 0 Å². The second-order valence-corrected chi connectivity index (χ2v) is 4.11. The van der Waals surface area contributed by atoms with Crippen LogP contribution in [0.15, 0.2) is 18.2 Å². The summed E-state index contributed by atoms with van der Waals surface area (Å²) >= 11 is 0. The molecule has 0 aliphatic rings. The first-order valence-electron chi connectivity index (χ1n) is 5.86. The van der Waals surface area contributed by atoms with Crippen LogP contribution in [0.4, 0.5) is 5.69 Å². The lowest BCUT2D eigenvalue weighted by molar-refractivity contribution is 0.0723. The molecule has 0 aliphatic heterocycles. The number of anilines is 1. The van der Waals surface area contributed by atoms with E-state index in [0.717, 1.165) is 12.0 Å². The maximum atomic E-state index is 12.2. The van der Waals surface area contributed by atoms with E-state index in [-0.39, 0.29) is 12.5 Å². The van der Waals surface area contributed by atoms with Gasteiger partial charge in [-0.2, -0.15) is 0 Å². The van der Waals surface area contributed by atoms with Crippen molar-refractivity contribution in [3.63, 3.8) is 0 Å². The third-order valence-corrected chi connectivity index (χ3v) is 2.59. The molecule has 3 N–H and O–H groups in total. The fourth-order valence-corrected chi connectivity index (χ4v) is 1.73. The van der Waals surface area contributed by atoms with Crippen LogP contribution < -0.4 is 5.73 Å². The van der Waals surface area contributed by atoms with Crippen LogP contribution in [0.3, 0.4) is 0 Å². The molecule has 0 bridgehead atoms. The smallest absolute Gasteiger partial charge is 0.256 e. The normalized spacial score (nSPS) is 10.3. The molecule has 0 saturated carbocycles. The number of benzene rings is 1. The molecule has 1 amide bonds. The molecule has 1 aromatic carbocycles. The number of carbonyl (C=O) groups is 1. The molecule has 4 nitrogen and oxygen atoms in total. The van der Waals surface area contributed by atoms with Crippen molar-refractivity contribution in [3.8, 4) is 0 Å². The second-order valence-electron chi connectivity index (χ2n) is 4.11. The van der Waals surface area contributed by atoms with Gasteiger partial charge in [0.2, 0.25) is 0 Å². The first-order chi connectivity index (χ1) is 8.10. The first kappa shape index (κ1) is 13.5. The van der Waals surface area contributed by atoms with Crippen molar-refractivity contribution in [2.75, 3.05) is 25.4 Å². The number of nitrogens with zero attached hydrogens (tertiary/aromatic N) is 1. The van der Waals surface area contributed by atoms with Crippen LogP contribution in [0.25, 0.3) is 0 Å². The molecule has 94 valence electrons. The Labute approximate surface area is 102 Å². The number of nitrogens with two attached hydrogens (primary N) is 1. The Morgan fingerprint density at radius 2 is 2.12 bits per heavy atom. The third-order valence-electron chi connectivity index (χ3n) is 2.59. The number of hydrogen-bond acceptors (Lipinski definition) is 3. The SMILES string of the molecule is CCCN(CCO)C(=O)c1cc(C)ccc1N. The summed E-state index contributed by atoms with van der Waals surface area (Å²) in [5.41, 5.74) is 7.82. The molecule has 1 rings (SSSR count). The van der Waals surface area contributed by atoms with Gasteiger partial charge in [-0.1, -0.05) is 18.6 Å². The molecule has 1 aromatic rings. The molecule has 0 aromatic heterocycles. The Bertz CT molecular complexity index is 385. The average molecular weight is 236 g/mol. The van der Waals surface area contributed by atoms with Gasteiger partial charge < -0.3 is 15.7 Å². The van der Waals surface area contributed by atoms with Gasteiger partial charge in [-0.15, -0.1) is 0 Å². The molecule has 4 heteroatoms. The van der Waals surface area contributed by atoms with Crippen molar-refractivity contribution in [3.05, 3.63) is 29.3 Å². The van der Waals surface area contributed by atoms with E-state index in [9.17, 15) is 4.79 Å². The minimum Gasteiger partial charge on any atom is -0.398 e. The van der Waals surface area contributed by atoms with E-state index in [2.05, 4.69) is 0 Å². The number of aryl methyl sites for hydroxylation is 1. The van der Waals surface area contributed by atoms with E-state index >= 15 is 0 Å². The van der Waals surface area contributed by atoms with E-state index < -0.39 is 0 Å². The zero-order valence-corrected chi connectivity index (χ0v) is 10.4. The topological polar surface area (TPSA) is 66.6 Å². The standard InChI is InChI=1S/C13H20N2O2/c1-3-6-15(7-8-16)13(17)11-9-10(2)4-5-12(11)14/h4-5,9,16H,3,6-8,14H2,1-2H3. The zero-order valence-electron chi connectivity index (χ0n) is 10.4. The van der Waals surface area contributed by atoms with Crippen LogP contribution in [0.5, 0.6) is 0 Å². The van der Waals surface area contributed by atoms with Gasteiger partial charge in [0, 0.05) is 18.8 Å². The average Bonchev–Trinajstić information content (AvgIpc) is 2.31. The van der Waals surface area contributed by atoms with Crippen molar-refractivity contribution in [1.29, 1.82) is 0 Å². The van der Waals surface area contributed by atoms with Gasteiger partial charge in [0.05, 0.1) is 12.2 Å². The highest BCUT2D eigenvalue weighted by molar-refractivity contribution is 5.99. The highest BCUT2D eigenvalue weighted by Gasteiger charge is 2.16. The van der Waals surface area contributed by atoms with Gasteiger partial charge in [0.1, 0.15) is 0 Å². The van der Waals surface area contributed by atoms with Crippen molar-refractivity contribution in [2.24, 2.45) is 0 Å². The molecule has 17 heavy (non-hydrogen) atoms. The number of amides is 1. The lowest BCUT2D eigenvalue weighted by atomic mass is 10.1. The van der Waals surface area contributed by atoms with Crippen LogP contribution in [0.1, 0.15) is 29.3 Å². The van der Waals surface area contributed by atoms with Gasteiger partial charge in [0.15, 0.2) is 0 Å². The Kier molecular flexibility index (Phi) is 4.97. The van der Waals surface area contributed by atoms with Crippen molar-refractivity contribution < 1.29 is 9.90 Å². The molecule has 0 fully saturated rings. The van der Waals surface area contributed by atoms with Crippen LogP contribution in [0.2, 0.25) is 0 Å². The number of carbonyl (C=O) groups excluding carboxylic acids is 1. The fourth-order valence-electron chi connectivity index (χ4n) is 1.73. The number of nitrogen functional groups attached to an aromatic ring is 1. The minimum absolute atomic E-state index is 0.0303. The predicted molar refractivity (Wildman–Crippen MR) is 68.9 cm³/mol. The lowest BCUT2D eigenvalue weighted by Gasteiger charge is -2.22. The zero-order chi connectivity index (χ0) is 12.8. The van der Waals surface area contributed by atoms with Gasteiger partial charge in [0.25, 0.3) is 5.91 Å². The van der Waals surface area contributed by atoms with E-state index in [1.807, 2.05) is 19.9 Å². The Morgan fingerprint density at radius 1 is 1.41 bits per heavy atom. The summed E-state index contributed by atoms with van der Waals surface area (Å²) in [5, 5.41) is 8.96. The highest BCUT2D eigenvalue weighted by Crippen LogP contribution is 2.16. The minimum atomic E-state index is -0.109. The van der Waals surface area contributed by atoms with Gasteiger partial charge in [-0.05, 0) is 25.5 Å². The number of rotatable bonds is 5. The third kappa shape index (κ3) is 3.46. The quantitative estimate of drug-likeness (QED) is 0.760. The van der Waals surface area contributed by atoms with Gasteiger partial charge >= 0.3 is 0 Å². The summed E-state index contributed by atoms with van der Waals surface area (Å²) in [6, 6.07) is 5.41. The molecule has 0 saturated heterocycles. The summed E-state index contributed by atoms with van der Waals surface area (Å²) in [4.78, 5) is 13.9. The van der Waals surface area contributed by atoms with Crippen LogP contribution in [0, 0.1) is 6.92 Å². The molecule has 0 spiro atoms. The van der Waals surface area contributed by atoms with Crippen molar-refractivity contribution >= 4 is 11.6 Å². The number of aliphatic hydroxyl groups is 1. The maximum Gasteiger partial charge on any atom is 0.256 e. The van der Waals surface area contributed by atoms with Crippen molar-refractivity contribution in [1.82, 2.24) is 4.90 Å². The van der Waals surface area contributed by atoms with Crippen LogP contribution in [-0.4, -0.2) is 35.6 Å². The second kappa shape index (κ2) is 6.25. The maximum absolute atomic E-state index is 12.2.